The lowest BCUT2D eigenvalue weighted by Gasteiger charge is -2.21. The lowest BCUT2D eigenvalue weighted by molar-refractivity contribution is -0.116. The number of anilines is 1. The smallest absolute Gasteiger partial charge is 0.243 e. The Hall–Kier alpha value is -2.99. The Kier molecular flexibility index (Phi) is 8.26. The largest absolute Gasteiger partial charge is 0.468 e. The van der Waals surface area contributed by atoms with E-state index in [2.05, 4.69) is 10.0 Å². The van der Waals surface area contributed by atoms with Crippen molar-refractivity contribution in [1.82, 2.24) is 9.03 Å². The van der Waals surface area contributed by atoms with Gasteiger partial charge in [0.05, 0.1) is 29.1 Å². The van der Waals surface area contributed by atoms with Crippen molar-refractivity contribution in [2.45, 2.75) is 42.6 Å². The summed E-state index contributed by atoms with van der Waals surface area (Å²) in [6, 6.07) is 16.5. The Labute approximate surface area is 199 Å². The van der Waals surface area contributed by atoms with Crippen LogP contribution >= 0.6 is 0 Å². The molecular weight excluding hydrogens is 478 g/mol. The molecule has 0 unspecified atom stereocenters. The van der Waals surface area contributed by atoms with Gasteiger partial charge in [-0.15, -0.1) is 0 Å². The lowest BCUT2D eigenvalue weighted by Crippen LogP contribution is -2.37. The van der Waals surface area contributed by atoms with Gasteiger partial charge >= 0.3 is 0 Å². The maximum absolute atomic E-state index is 13.4. The first-order valence-corrected chi connectivity index (χ1v) is 13.5. The summed E-state index contributed by atoms with van der Waals surface area (Å²) in [5, 5.41) is 2.66. The van der Waals surface area contributed by atoms with Crippen LogP contribution < -0.4 is 10.0 Å². The number of sulfonamides is 2. The summed E-state index contributed by atoms with van der Waals surface area (Å²) in [5.74, 6) is -0.175. The van der Waals surface area contributed by atoms with Gasteiger partial charge in [-0.2, -0.15) is 4.31 Å². The van der Waals surface area contributed by atoms with Gasteiger partial charge in [0.15, 0.2) is 0 Å². The zero-order valence-corrected chi connectivity index (χ0v) is 20.5. The molecule has 182 valence electrons. The first-order valence-electron chi connectivity index (χ1n) is 10.6. The Bertz CT molecular complexity index is 1290. The molecule has 1 amide bonds. The standard InChI is InChI=1S/C23H27N3O6S2/c1-3-18(2)25-33(28,29)21-11-13-22(14-12-21)34(30,31)26(16-20-10-7-15-32-20)17-23(27)24-19-8-5-4-6-9-19/h4-15,18,25H,3,16-17H2,1-2H3,(H,24,27)/t18-/m0/s1. The van der Waals surface area contributed by atoms with Crippen LogP contribution in [0.3, 0.4) is 0 Å². The third-order valence-electron chi connectivity index (χ3n) is 5.03. The number of benzene rings is 2. The van der Waals surface area contributed by atoms with E-state index >= 15 is 0 Å². The number of carbonyl (C=O) groups is 1. The molecule has 1 atom stereocenters. The van der Waals surface area contributed by atoms with Crippen LogP contribution in [-0.2, 0) is 31.4 Å². The lowest BCUT2D eigenvalue weighted by atomic mass is 10.3. The molecule has 0 radical (unpaired) electrons. The number of para-hydroxylation sites is 1. The van der Waals surface area contributed by atoms with E-state index in [0.717, 1.165) is 4.31 Å². The van der Waals surface area contributed by atoms with Crippen molar-refractivity contribution in [3.05, 3.63) is 78.8 Å². The van der Waals surface area contributed by atoms with Gasteiger partial charge < -0.3 is 9.73 Å². The van der Waals surface area contributed by atoms with Gasteiger partial charge in [-0.05, 0) is 61.9 Å². The van der Waals surface area contributed by atoms with Gasteiger partial charge in [0, 0.05) is 11.7 Å². The summed E-state index contributed by atoms with van der Waals surface area (Å²) in [6.45, 7) is 2.95. The first kappa shape index (κ1) is 25.6. The number of hydrogen-bond acceptors (Lipinski definition) is 6. The summed E-state index contributed by atoms with van der Waals surface area (Å²) in [7, 11) is -7.94. The Morgan fingerprint density at radius 2 is 1.59 bits per heavy atom. The zero-order valence-electron chi connectivity index (χ0n) is 18.8. The van der Waals surface area contributed by atoms with Crippen molar-refractivity contribution < 1.29 is 26.0 Å². The van der Waals surface area contributed by atoms with Crippen LogP contribution in [0, 0.1) is 0 Å². The molecule has 34 heavy (non-hydrogen) atoms. The van der Waals surface area contributed by atoms with Crippen molar-refractivity contribution >= 4 is 31.6 Å². The Morgan fingerprint density at radius 3 is 2.18 bits per heavy atom. The molecule has 0 saturated carbocycles. The van der Waals surface area contributed by atoms with Crippen LogP contribution in [0.2, 0.25) is 0 Å². The number of amides is 1. The molecule has 0 fully saturated rings. The maximum atomic E-state index is 13.4. The highest BCUT2D eigenvalue weighted by molar-refractivity contribution is 7.89. The number of hydrogen-bond donors (Lipinski definition) is 2. The van der Waals surface area contributed by atoms with Gasteiger partial charge in [0.1, 0.15) is 5.76 Å². The maximum Gasteiger partial charge on any atom is 0.243 e. The van der Waals surface area contributed by atoms with Gasteiger partial charge in [-0.25, -0.2) is 21.6 Å². The van der Waals surface area contributed by atoms with Crippen molar-refractivity contribution in [3.63, 3.8) is 0 Å². The number of furan rings is 1. The summed E-state index contributed by atoms with van der Waals surface area (Å²) in [5.41, 5.74) is 0.534. The highest BCUT2D eigenvalue weighted by Crippen LogP contribution is 2.21. The second kappa shape index (κ2) is 11.0. The molecule has 0 aliphatic rings. The minimum Gasteiger partial charge on any atom is -0.468 e. The molecule has 2 N–H and O–H groups in total. The Balaban J connectivity index is 1.85. The van der Waals surface area contributed by atoms with Crippen molar-refractivity contribution in [2.75, 3.05) is 11.9 Å². The van der Waals surface area contributed by atoms with Crippen LogP contribution in [0.15, 0.2) is 87.2 Å². The number of nitrogens with zero attached hydrogens (tertiary/aromatic N) is 1. The fourth-order valence-electron chi connectivity index (χ4n) is 3.04. The van der Waals surface area contributed by atoms with Gasteiger partial charge in [0.2, 0.25) is 26.0 Å². The van der Waals surface area contributed by atoms with Crippen LogP contribution in [0.5, 0.6) is 0 Å². The minimum atomic E-state index is -4.16. The van der Waals surface area contributed by atoms with E-state index in [-0.39, 0.29) is 22.4 Å². The monoisotopic (exact) mass is 505 g/mol. The zero-order chi connectivity index (χ0) is 24.8. The fourth-order valence-corrected chi connectivity index (χ4v) is 5.73. The average Bonchev–Trinajstić information content (AvgIpc) is 3.32. The topological polar surface area (TPSA) is 126 Å². The van der Waals surface area contributed by atoms with Crippen LogP contribution in [0.1, 0.15) is 26.0 Å². The first-order chi connectivity index (χ1) is 16.1. The van der Waals surface area contributed by atoms with Crippen molar-refractivity contribution in [2.24, 2.45) is 0 Å². The normalized spacial score (nSPS) is 13.0. The van der Waals surface area contributed by atoms with E-state index in [1.807, 2.05) is 6.92 Å². The van der Waals surface area contributed by atoms with E-state index in [1.54, 1.807) is 49.4 Å². The summed E-state index contributed by atoms with van der Waals surface area (Å²) in [4.78, 5) is 12.4. The molecule has 0 saturated heterocycles. The summed E-state index contributed by atoms with van der Waals surface area (Å²) in [6.07, 6.45) is 2.02. The summed E-state index contributed by atoms with van der Waals surface area (Å²) < 4.78 is 60.5. The number of rotatable bonds is 11. The molecule has 11 heteroatoms. The SMILES string of the molecule is CC[C@H](C)NS(=O)(=O)c1ccc(S(=O)(=O)N(CC(=O)Nc2ccccc2)Cc2ccco2)cc1. The quantitative estimate of drug-likeness (QED) is 0.412. The van der Waals surface area contributed by atoms with Crippen LogP contribution in [0.4, 0.5) is 5.69 Å². The molecule has 1 heterocycles. The second-order valence-electron chi connectivity index (χ2n) is 7.67. The van der Waals surface area contributed by atoms with Crippen LogP contribution in [-0.4, -0.2) is 39.6 Å². The van der Waals surface area contributed by atoms with Crippen LogP contribution in [0.25, 0.3) is 0 Å². The molecule has 2 aromatic carbocycles. The van der Waals surface area contributed by atoms with E-state index in [4.69, 9.17) is 4.42 Å². The van der Waals surface area contributed by atoms with Gasteiger partial charge in [-0.1, -0.05) is 25.1 Å². The molecule has 3 rings (SSSR count). The van der Waals surface area contributed by atoms with Crippen molar-refractivity contribution in [1.29, 1.82) is 0 Å². The predicted octanol–water partition coefficient (Wildman–Crippen LogP) is 3.19. The molecule has 0 bridgehead atoms. The van der Waals surface area contributed by atoms with E-state index < -0.39 is 32.5 Å². The third-order valence-corrected chi connectivity index (χ3v) is 8.44. The fraction of sp³-hybridized carbons (Fsp3) is 0.261. The molecule has 0 spiro atoms. The van der Waals surface area contributed by atoms with E-state index in [0.29, 0.717) is 17.9 Å². The second-order valence-corrected chi connectivity index (χ2v) is 11.3. The Morgan fingerprint density at radius 1 is 0.941 bits per heavy atom. The van der Waals surface area contributed by atoms with Crippen molar-refractivity contribution in [3.8, 4) is 0 Å². The predicted molar refractivity (Wildman–Crippen MR) is 128 cm³/mol. The highest BCUT2D eigenvalue weighted by atomic mass is 32.2. The van der Waals surface area contributed by atoms with Gasteiger partial charge in [-0.3, -0.25) is 4.79 Å². The molecule has 9 nitrogen and oxygen atoms in total. The van der Waals surface area contributed by atoms with E-state index in [9.17, 15) is 21.6 Å². The van der Waals surface area contributed by atoms with Gasteiger partial charge in [0.25, 0.3) is 0 Å². The minimum absolute atomic E-state index is 0.0499. The number of nitrogens with one attached hydrogen (secondary N) is 2. The average molecular weight is 506 g/mol. The number of carbonyl (C=O) groups excluding carboxylic acids is 1. The molecule has 1 aromatic heterocycles. The molecule has 3 aromatic rings. The molecule has 0 aliphatic carbocycles. The molecule has 0 aliphatic heterocycles. The third kappa shape index (κ3) is 6.54. The van der Waals surface area contributed by atoms with E-state index in [1.165, 1.54) is 30.5 Å². The molecular formula is C23H27N3O6S2. The highest BCUT2D eigenvalue weighted by Gasteiger charge is 2.28. The summed E-state index contributed by atoms with van der Waals surface area (Å²) >= 11 is 0.